The van der Waals surface area contributed by atoms with E-state index in [-0.39, 0.29) is 6.04 Å². The van der Waals surface area contributed by atoms with Crippen molar-refractivity contribution in [2.75, 3.05) is 7.05 Å². The highest BCUT2D eigenvalue weighted by Gasteiger charge is 2.34. The van der Waals surface area contributed by atoms with Crippen LogP contribution < -0.4 is 0 Å². The van der Waals surface area contributed by atoms with E-state index in [9.17, 15) is 0 Å². The van der Waals surface area contributed by atoms with Crippen molar-refractivity contribution in [3.05, 3.63) is 59.7 Å². The van der Waals surface area contributed by atoms with Crippen molar-refractivity contribution in [2.45, 2.75) is 51.2 Å². The number of rotatable bonds is 4. The van der Waals surface area contributed by atoms with Gasteiger partial charge in [-0.25, -0.2) is 4.98 Å². The molecule has 1 aliphatic heterocycles. The largest absolute Gasteiger partial charge is 0.326 e. The maximum absolute atomic E-state index is 9.11. The van der Waals surface area contributed by atoms with Crippen molar-refractivity contribution in [1.29, 1.82) is 5.26 Å². The molecule has 1 aliphatic rings. The van der Waals surface area contributed by atoms with E-state index in [0.29, 0.717) is 19.0 Å². The van der Waals surface area contributed by atoms with Gasteiger partial charge in [-0.05, 0) is 57.0 Å². The summed E-state index contributed by atoms with van der Waals surface area (Å²) in [5, 5.41) is 9.11. The lowest BCUT2D eigenvalue weighted by Crippen LogP contribution is -2.35. The van der Waals surface area contributed by atoms with Crippen molar-refractivity contribution in [1.82, 2.24) is 19.4 Å². The summed E-state index contributed by atoms with van der Waals surface area (Å²) in [5.74, 6) is 1.08. The van der Waals surface area contributed by atoms with Gasteiger partial charge in [0.05, 0.1) is 41.3 Å². The highest BCUT2D eigenvalue weighted by atomic mass is 15.2. The molecule has 0 radical (unpaired) electrons. The number of hydrogen-bond acceptors (Lipinski definition) is 4. The number of pyridine rings is 1. The minimum Gasteiger partial charge on any atom is -0.326 e. The molecule has 1 aromatic carbocycles. The molecule has 2 atom stereocenters. The first kappa shape index (κ1) is 17.7. The summed E-state index contributed by atoms with van der Waals surface area (Å²) in [5.41, 5.74) is 4.54. The summed E-state index contributed by atoms with van der Waals surface area (Å²) < 4.78 is 2.24. The maximum Gasteiger partial charge on any atom is 0.127 e. The number of aryl methyl sites for hydroxylation is 2. The number of hydrogen-bond donors (Lipinski definition) is 0. The SMILES string of the molecule is Cc1cccnc1[C@@H]1CCC[C@H](c2nc3ccccc3n2CCC#N)N1C. The number of imidazole rings is 1. The van der Waals surface area contributed by atoms with Crippen LogP contribution in [0.25, 0.3) is 11.0 Å². The minimum absolute atomic E-state index is 0.233. The maximum atomic E-state index is 9.11. The molecule has 138 valence electrons. The van der Waals surface area contributed by atoms with Crippen LogP contribution in [0.4, 0.5) is 0 Å². The summed E-state index contributed by atoms with van der Waals surface area (Å²) in [6.07, 6.45) is 5.73. The molecule has 2 aromatic heterocycles. The molecule has 0 spiro atoms. The van der Waals surface area contributed by atoms with Gasteiger partial charge in [-0.15, -0.1) is 0 Å². The third-order valence-electron chi connectivity index (χ3n) is 5.73. The molecule has 5 heteroatoms. The molecule has 0 unspecified atom stereocenters. The van der Waals surface area contributed by atoms with Crippen LogP contribution in [0.15, 0.2) is 42.6 Å². The molecule has 1 saturated heterocycles. The highest BCUT2D eigenvalue weighted by Crippen LogP contribution is 2.40. The molecule has 27 heavy (non-hydrogen) atoms. The monoisotopic (exact) mass is 359 g/mol. The van der Waals surface area contributed by atoms with Crippen molar-refractivity contribution in [2.24, 2.45) is 0 Å². The van der Waals surface area contributed by atoms with Gasteiger partial charge in [-0.3, -0.25) is 9.88 Å². The fraction of sp³-hybridized carbons (Fsp3) is 0.409. The normalized spacial score (nSPS) is 20.6. The number of fused-ring (bicyclic) bond motifs is 1. The number of likely N-dealkylation sites (tertiary alicyclic amines) is 1. The number of para-hydroxylation sites is 2. The smallest absolute Gasteiger partial charge is 0.127 e. The zero-order chi connectivity index (χ0) is 18.8. The van der Waals surface area contributed by atoms with E-state index in [0.717, 1.165) is 36.1 Å². The molecule has 3 heterocycles. The highest BCUT2D eigenvalue weighted by molar-refractivity contribution is 5.76. The number of piperidine rings is 1. The third kappa shape index (κ3) is 3.22. The van der Waals surface area contributed by atoms with E-state index < -0.39 is 0 Å². The molecular weight excluding hydrogens is 334 g/mol. The van der Waals surface area contributed by atoms with Crippen LogP contribution in [0, 0.1) is 18.3 Å². The van der Waals surface area contributed by atoms with E-state index in [1.165, 1.54) is 11.3 Å². The second-order valence-electron chi connectivity index (χ2n) is 7.35. The quantitative estimate of drug-likeness (QED) is 0.685. The lowest BCUT2D eigenvalue weighted by Gasteiger charge is -2.39. The Morgan fingerprint density at radius 3 is 2.78 bits per heavy atom. The zero-order valence-corrected chi connectivity index (χ0v) is 16.0. The van der Waals surface area contributed by atoms with Gasteiger partial charge in [-0.2, -0.15) is 5.26 Å². The van der Waals surface area contributed by atoms with E-state index in [2.05, 4.69) is 52.7 Å². The zero-order valence-electron chi connectivity index (χ0n) is 16.0. The van der Waals surface area contributed by atoms with Crippen LogP contribution >= 0.6 is 0 Å². The van der Waals surface area contributed by atoms with Gasteiger partial charge >= 0.3 is 0 Å². The number of benzene rings is 1. The topological polar surface area (TPSA) is 57.7 Å². The minimum atomic E-state index is 0.233. The molecule has 3 aromatic rings. The van der Waals surface area contributed by atoms with Crippen molar-refractivity contribution < 1.29 is 0 Å². The second-order valence-corrected chi connectivity index (χ2v) is 7.35. The van der Waals surface area contributed by atoms with E-state index in [1.54, 1.807) is 0 Å². The molecule has 4 rings (SSSR count). The van der Waals surface area contributed by atoms with Crippen LogP contribution in [0.1, 0.15) is 54.8 Å². The summed E-state index contributed by atoms with van der Waals surface area (Å²) in [6.45, 7) is 2.83. The molecule has 1 fully saturated rings. The van der Waals surface area contributed by atoms with Crippen LogP contribution in [0.3, 0.4) is 0 Å². The third-order valence-corrected chi connectivity index (χ3v) is 5.73. The van der Waals surface area contributed by atoms with Gasteiger partial charge in [-0.1, -0.05) is 18.2 Å². The van der Waals surface area contributed by atoms with E-state index >= 15 is 0 Å². The van der Waals surface area contributed by atoms with Crippen LogP contribution in [-0.4, -0.2) is 26.5 Å². The molecule has 0 bridgehead atoms. The molecule has 0 N–H and O–H groups in total. The second kappa shape index (κ2) is 7.50. The Bertz CT molecular complexity index is 984. The Morgan fingerprint density at radius 2 is 1.96 bits per heavy atom. The summed E-state index contributed by atoms with van der Waals surface area (Å²) >= 11 is 0. The first-order chi connectivity index (χ1) is 13.2. The number of nitrogens with zero attached hydrogens (tertiary/aromatic N) is 5. The van der Waals surface area contributed by atoms with Crippen molar-refractivity contribution in [3.63, 3.8) is 0 Å². The summed E-state index contributed by atoms with van der Waals surface area (Å²) in [7, 11) is 2.19. The first-order valence-electron chi connectivity index (χ1n) is 9.66. The van der Waals surface area contributed by atoms with Gasteiger partial charge in [0.2, 0.25) is 0 Å². The van der Waals surface area contributed by atoms with Crippen LogP contribution in [0.5, 0.6) is 0 Å². The van der Waals surface area contributed by atoms with Crippen LogP contribution in [-0.2, 0) is 6.54 Å². The lowest BCUT2D eigenvalue weighted by atomic mass is 9.92. The summed E-state index contributed by atoms with van der Waals surface area (Å²) in [4.78, 5) is 12.1. The molecule has 5 nitrogen and oxygen atoms in total. The van der Waals surface area contributed by atoms with E-state index in [1.807, 2.05) is 24.4 Å². The predicted octanol–water partition coefficient (Wildman–Crippen LogP) is 4.55. The average molecular weight is 359 g/mol. The Balaban J connectivity index is 1.74. The van der Waals surface area contributed by atoms with Crippen LogP contribution in [0.2, 0.25) is 0 Å². The first-order valence-corrected chi connectivity index (χ1v) is 9.66. The molecule has 0 saturated carbocycles. The van der Waals surface area contributed by atoms with Gasteiger partial charge in [0.25, 0.3) is 0 Å². The van der Waals surface area contributed by atoms with Gasteiger partial charge < -0.3 is 4.57 Å². The summed E-state index contributed by atoms with van der Waals surface area (Å²) in [6, 6.07) is 15.2. The predicted molar refractivity (Wildman–Crippen MR) is 106 cm³/mol. The number of aromatic nitrogens is 3. The average Bonchev–Trinajstić information content (AvgIpc) is 3.05. The Labute approximate surface area is 160 Å². The fourth-order valence-electron chi connectivity index (χ4n) is 4.36. The molecule has 0 amide bonds. The molecular formula is C22H25N5. The fourth-order valence-corrected chi connectivity index (χ4v) is 4.36. The van der Waals surface area contributed by atoms with E-state index in [4.69, 9.17) is 10.2 Å². The van der Waals surface area contributed by atoms with Gasteiger partial charge in [0.1, 0.15) is 5.82 Å². The van der Waals surface area contributed by atoms with Crippen molar-refractivity contribution >= 4 is 11.0 Å². The Morgan fingerprint density at radius 1 is 1.15 bits per heavy atom. The standard InChI is InChI=1S/C22H25N5/c1-16-8-6-14-24-21(16)19-11-5-12-20(26(19)2)22-25-17-9-3-4-10-18(17)27(22)15-7-13-23/h3-4,6,8-10,14,19-20H,5,7,11-12,15H2,1-2H3/t19-,20+/m0/s1. The lowest BCUT2D eigenvalue weighted by molar-refractivity contribution is 0.104. The number of nitriles is 1. The Kier molecular flexibility index (Phi) is 4.91. The van der Waals surface area contributed by atoms with Gasteiger partial charge in [0.15, 0.2) is 0 Å². The van der Waals surface area contributed by atoms with Crippen molar-refractivity contribution in [3.8, 4) is 6.07 Å². The molecule has 0 aliphatic carbocycles. The van der Waals surface area contributed by atoms with Gasteiger partial charge in [0, 0.05) is 12.7 Å². The Hall–Kier alpha value is -2.71.